The summed E-state index contributed by atoms with van der Waals surface area (Å²) in [5.74, 6) is 1.77. The molecule has 6 heterocycles. The van der Waals surface area contributed by atoms with Gasteiger partial charge in [-0.05, 0) is 86.8 Å². The van der Waals surface area contributed by atoms with E-state index in [1.807, 2.05) is 101 Å². The number of hydrogen-bond acceptors (Lipinski definition) is 13. The molecule has 2 aromatic carbocycles. The van der Waals surface area contributed by atoms with E-state index in [1.165, 1.54) is 6.07 Å². The first-order valence-electron chi connectivity index (χ1n) is 20.7. The summed E-state index contributed by atoms with van der Waals surface area (Å²) in [6.07, 6.45) is 3.06. The summed E-state index contributed by atoms with van der Waals surface area (Å²) < 4.78 is 29.6. The minimum atomic E-state index is -0.484. The van der Waals surface area contributed by atoms with E-state index in [-0.39, 0.29) is 17.6 Å². The molecule has 1 aliphatic rings. The molecule has 1 aliphatic heterocycles. The highest BCUT2D eigenvalue weighted by Gasteiger charge is 2.30. The molecule has 0 aliphatic carbocycles. The molecule has 0 radical (unpaired) electrons. The molecular weight excluding hydrogens is 825 g/mol. The van der Waals surface area contributed by atoms with E-state index in [9.17, 15) is 9.59 Å². The van der Waals surface area contributed by atoms with Gasteiger partial charge in [0.05, 0.1) is 28.3 Å². The van der Waals surface area contributed by atoms with Crippen molar-refractivity contribution in [2.75, 3.05) is 53.7 Å². The van der Waals surface area contributed by atoms with Gasteiger partial charge in [-0.1, -0.05) is 38.1 Å². The van der Waals surface area contributed by atoms with Gasteiger partial charge in [0, 0.05) is 73.0 Å². The van der Waals surface area contributed by atoms with E-state index in [1.54, 1.807) is 48.0 Å². The van der Waals surface area contributed by atoms with Crippen LogP contribution in [0.25, 0.3) is 53.9 Å². The number of nitrogens with one attached hydrogen (secondary N) is 1. The summed E-state index contributed by atoms with van der Waals surface area (Å²) in [6.45, 7) is 13.0. The average Bonchev–Trinajstić information content (AvgIpc) is 3.99. The Morgan fingerprint density at radius 3 is 1.82 bits per heavy atom. The van der Waals surface area contributed by atoms with Gasteiger partial charge in [0.25, 0.3) is 0 Å². The predicted octanol–water partition coefficient (Wildman–Crippen LogP) is 10.3. The molecule has 62 heavy (non-hydrogen) atoms. The Morgan fingerprint density at radius 2 is 1.26 bits per heavy atom. The third kappa shape index (κ3) is 11.2. The van der Waals surface area contributed by atoms with Crippen LogP contribution in [-0.2, 0) is 14.2 Å². The number of amides is 1. The highest BCUT2D eigenvalue weighted by atomic mass is 32.1. The van der Waals surface area contributed by atoms with Crippen molar-refractivity contribution in [1.82, 2.24) is 30.3 Å². The number of aromatic nitrogens is 5. The first-order valence-corrected chi connectivity index (χ1v) is 22.5. The Labute approximate surface area is 370 Å². The molecule has 7 aromatic rings. The van der Waals surface area contributed by atoms with Crippen LogP contribution in [0.5, 0.6) is 11.5 Å². The zero-order valence-electron chi connectivity index (χ0n) is 36.3. The Kier molecular flexibility index (Phi) is 16.1. The maximum absolute atomic E-state index is 12.4. The molecule has 1 N–H and O–H groups in total. The number of benzene rings is 2. The number of ether oxygens (including phenoxy) is 5. The lowest BCUT2D eigenvalue weighted by Crippen LogP contribution is -2.41. The normalized spacial score (nSPS) is 12.9. The van der Waals surface area contributed by atoms with Crippen LogP contribution in [0, 0.1) is 0 Å². The Balaban J connectivity index is 0.000000202. The first-order chi connectivity index (χ1) is 30.1. The number of pyridine rings is 1. The van der Waals surface area contributed by atoms with E-state index < -0.39 is 5.60 Å². The minimum absolute atomic E-state index is 0.168. The number of nitrogens with zero attached hydrogens (tertiary/aromatic N) is 5. The molecule has 0 atom stereocenters. The summed E-state index contributed by atoms with van der Waals surface area (Å²) in [5, 5.41) is 24.4. The molecule has 0 spiro atoms. The molecule has 0 bridgehead atoms. The number of methoxy groups -OCH3 is 2. The molecule has 5 aromatic heterocycles. The lowest BCUT2D eigenvalue weighted by atomic mass is 9.91. The second-order valence-corrected chi connectivity index (χ2v) is 16.8. The molecule has 0 unspecified atom stereocenters. The van der Waals surface area contributed by atoms with Crippen LogP contribution >= 0.6 is 22.7 Å². The average molecular weight is 879 g/mol. The Morgan fingerprint density at radius 1 is 0.726 bits per heavy atom. The molecule has 1 fully saturated rings. The number of carbonyl (C=O) groups is 1. The van der Waals surface area contributed by atoms with Crippen molar-refractivity contribution in [3.63, 3.8) is 0 Å². The van der Waals surface area contributed by atoms with Crippen molar-refractivity contribution in [2.45, 2.75) is 59.0 Å². The van der Waals surface area contributed by atoms with Gasteiger partial charge in [0.2, 0.25) is 5.56 Å². The third-order valence-corrected chi connectivity index (χ3v) is 11.6. The number of likely N-dealkylation sites (tertiary alicyclic amines) is 1. The number of fused-ring (bicyclic) bond motifs is 2. The summed E-state index contributed by atoms with van der Waals surface area (Å²) in [7, 11) is 3.30. The highest BCUT2D eigenvalue weighted by Crippen LogP contribution is 2.41. The number of para-hydroxylation sites is 2. The van der Waals surface area contributed by atoms with Crippen LogP contribution in [0.2, 0.25) is 0 Å². The third-order valence-electron chi connectivity index (χ3n) is 9.76. The topological polar surface area (TPSA) is 151 Å². The maximum atomic E-state index is 12.4. The predicted molar refractivity (Wildman–Crippen MR) is 248 cm³/mol. The second kappa shape index (κ2) is 21.9. The van der Waals surface area contributed by atoms with E-state index in [4.69, 9.17) is 23.7 Å². The van der Waals surface area contributed by atoms with Gasteiger partial charge in [-0.15, -0.1) is 38.0 Å². The number of thiophene rings is 2. The summed E-state index contributed by atoms with van der Waals surface area (Å²) >= 11 is 3.26. The van der Waals surface area contributed by atoms with E-state index in [0.717, 1.165) is 78.3 Å². The monoisotopic (exact) mass is 878 g/mol. The Hall–Kier alpha value is -5.74. The molecule has 1 saturated heterocycles. The molecule has 15 heteroatoms. The lowest BCUT2D eigenvalue weighted by Gasteiger charge is -2.33. The second-order valence-electron chi connectivity index (χ2n) is 15.0. The quantitative estimate of drug-likeness (QED) is 0.117. The fraction of sp³-hybridized carbons (Fsp3) is 0.362. The fourth-order valence-electron chi connectivity index (χ4n) is 6.94. The molecule has 13 nitrogen and oxygen atoms in total. The molecular formula is C47H54N6O7S2. The van der Waals surface area contributed by atoms with Gasteiger partial charge in [0.15, 0.2) is 0 Å². The number of aromatic amines is 1. The maximum Gasteiger partial charge on any atom is 0.410 e. The first kappa shape index (κ1) is 45.8. The number of piperidine rings is 1. The van der Waals surface area contributed by atoms with E-state index in [2.05, 4.69) is 36.8 Å². The molecule has 1 amide bonds. The summed E-state index contributed by atoms with van der Waals surface area (Å²) in [6, 6.07) is 23.2. The molecule has 8 rings (SSSR count). The summed E-state index contributed by atoms with van der Waals surface area (Å²) in [5.41, 5.74) is 5.21. The number of carbonyl (C=O) groups excluding carboxylic acids is 1. The zero-order valence-corrected chi connectivity index (χ0v) is 37.9. The SMILES string of the molecule is CC.COCCOc1ccccc1-c1nnc(-c2cc[nH]c(=O)c2)c2ccsc12.COCCOc1ccccc1-c1nnc(C2CCN(C(=O)OC(C)(C)C)CC2)c2ccsc12. The van der Waals surface area contributed by atoms with Crippen molar-refractivity contribution >= 4 is 48.9 Å². The number of rotatable bonds is 12. The van der Waals surface area contributed by atoms with Crippen LogP contribution in [-0.4, -0.2) is 95.7 Å². The minimum Gasteiger partial charge on any atom is -0.490 e. The molecule has 326 valence electrons. The van der Waals surface area contributed by atoms with Crippen molar-refractivity contribution < 1.29 is 28.5 Å². The number of hydrogen-bond donors (Lipinski definition) is 1. The van der Waals surface area contributed by atoms with Crippen molar-refractivity contribution in [3.05, 3.63) is 106 Å². The Bertz CT molecular complexity index is 2590. The molecule has 0 saturated carbocycles. The largest absolute Gasteiger partial charge is 0.490 e. The zero-order chi connectivity index (χ0) is 44.1. The summed E-state index contributed by atoms with van der Waals surface area (Å²) in [4.78, 5) is 28.5. The van der Waals surface area contributed by atoms with Crippen LogP contribution in [0.3, 0.4) is 0 Å². The fourth-order valence-corrected chi connectivity index (χ4v) is 8.74. The van der Waals surface area contributed by atoms with Gasteiger partial charge < -0.3 is 33.6 Å². The lowest BCUT2D eigenvalue weighted by molar-refractivity contribution is 0.0204. The van der Waals surface area contributed by atoms with Gasteiger partial charge in [0.1, 0.15) is 47.4 Å². The number of H-pyrrole nitrogens is 1. The van der Waals surface area contributed by atoms with Gasteiger partial charge >= 0.3 is 6.09 Å². The highest BCUT2D eigenvalue weighted by molar-refractivity contribution is 7.18. The standard InChI is InChI=1S/C25H31N3O4S.C20H17N3O3S.C2H6/c1-25(2,3)32-24(29)28-12-9-17(10-13-28)21-19-11-16-33-23(19)22(27-26-21)18-7-5-6-8-20(18)31-15-14-30-4;1-25-9-10-26-16-5-3-2-4-14(16)19-20-15(7-11-27-20)18(22-23-19)13-6-8-21-17(24)12-13;1-2/h5-8,11,16-17H,9-10,12-15H2,1-4H3;2-8,11-12H,9-10H2,1H3,(H,21,24);1-2H3. The van der Waals surface area contributed by atoms with Gasteiger partial charge in [-0.3, -0.25) is 4.79 Å². The van der Waals surface area contributed by atoms with E-state index >= 15 is 0 Å². The van der Waals surface area contributed by atoms with Gasteiger partial charge in [-0.25, -0.2) is 4.79 Å². The van der Waals surface area contributed by atoms with Crippen LogP contribution in [0.4, 0.5) is 4.79 Å². The van der Waals surface area contributed by atoms with Crippen molar-refractivity contribution in [3.8, 4) is 45.3 Å². The van der Waals surface area contributed by atoms with Crippen molar-refractivity contribution in [2.24, 2.45) is 0 Å². The van der Waals surface area contributed by atoms with Crippen LogP contribution in [0.15, 0.2) is 94.5 Å². The van der Waals surface area contributed by atoms with Gasteiger partial charge in [-0.2, -0.15) is 5.10 Å². The van der Waals surface area contributed by atoms with Crippen LogP contribution in [0.1, 0.15) is 59.1 Å². The smallest absolute Gasteiger partial charge is 0.410 e. The van der Waals surface area contributed by atoms with Crippen LogP contribution < -0.4 is 15.0 Å². The van der Waals surface area contributed by atoms with E-state index in [0.29, 0.717) is 45.2 Å². The van der Waals surface area contributed by atoms with Crippen molar-refractivity contribution in [1.29, 1.82) is 0 Å².